The fourth-order valence-electron chi connectivity index (χ4n) is 2.73. The van der Waals surface area contributed by atoms with Crippen LogP contribution >= 0.6 is 0 Å². The van der Waals surface area contributed by atoms with Gasteiger partial charge >= 0.3 is 0 Å². The quantitative estimate of drug-likeness (QED) is 0.946. The number of benzene rings is 1. The Hall–Kier alpha value is -2.20. The number of nitrogens with zero attached hydrogens (tertiary/aromatic N) is 2. The van der Waals surface area contributed by atoms with Crippen molar-refractivity contribution < 1.29 is 4.79 Å². The van der Waals surface area contributed by atoms with Crippen molar-refractivity contribution in [3.05, 3.63) is 54.2 Å². The molecule has 1 fully saturated rings. The average Bonchev–Trinajstić information content (AvgIpc) is 2.58. The van der Waals surface area contributed by atoms with Crippen LogP contribution in [0, 0.1) is 0 Å². The molecule has 0 bridgehead atoms. The summed E-state index contributed by atoms with van der Waals surface area (Å²) in [6.45, 7) is 2.08. The van der Waals surface area contributed by atoms with Crippen LogP contribution < -0.4 is 5.32 Å². The Morgan fingerprint density at radius 2 is 1.86 bits per heavy atom. The lowest BCUT2D eigenvalue weighted by Crippen LogP contribution is -2.43. The first kappa shape index (κ1) is 14.7. The summed E-state index contributed by atoms with van der Waals surface area (Å²) in [5.74, 6) is -0.0262. The molecule has 0 atom stereocenters. The van der Waals surface area contributed by atoms with Gasteiger partial charge in [-0.05, 0) is 45.1 Å². The van der Waals surface area contributed by atoms with Gasteiger partial charge in [0.1, 0.15) is 0 Å². The van der Waals surface area contributed by atoms with Gasteiger partial charge in [-0.3, -0.25) is 9.78 Å². The van der Waals surface area contributed by atoms with Crippen LogP contribution in [0.4, 0.5) is 0 Å². The number of aromatic nitrogens is 1. The van der Waals surface area contributed by atoms with Crippen LogP contribution in [0.2, 0.25) is 0 Å². The summed E-state index contributed by atoms with van der Waals surface area (Å²) in [6, 6.07) is 14.0. The molecule has 1 aliphatic heterocycles. The summed E-state index contributed by atoms with van der Waals surface area (Å²) in [4.78, 5) is 19.0. The Labute approximate surface area is 131 Å². The lowest BCUT2D eigenvalue weighted by Gasteiger charge is -2.29. The summed E-state index contributed by atoms with van der Waals surface area (Å²) < 4.78 is 0. The topological polar surface area (TPSA) is 45.2 Å². The van der Waals surface area contributed by atoms with Crippen LogP contribution in [-0.4, -0.2) is 42.0 Å². The molecule has 1 N–H and O–H groups in total. The predicted octanol–water partition coefficient (Wildman–Crippen LogP) is 2.57. The third-order valence-electron chi connectivity index (χ3n) is 4.15. The Morgan fingerprint density at radius 1 is 1.14 bits per heavy atom. The lowest BCUT2D eigenvalue weighted by molar-refractivity contribution is 0.0916. The Morgan fingerprint density at radius 3 is 2.50 bits per heavy atom. The van der Waals surface area contributed by atoms with Crippen molar-refractivity contribution >= 4 is 5.91 Å². The normalized spacial score (nSPS) is 16.4. The van der Waals surface area contributed by atoms with Crippen LogP contribution in [0.1, 0.15) is 23.2 Å². The first-order valence-electron chi connectivity index (χ1n) is 7.73. The van der Waals surface area contributed by atoms with Gasteiger partial charge in [-0.1, -0.05) is 30.3 Å². The molecule has 0 radical (unpaired) electrons. The maximum absolute atomic E-state index is 12.3. The standard InChI is InChI=1S/C18H21N3O/c1-21-11-9-16(10-12-21)20-18(22)15-7-8-17(19-13-15)14-5-3-2-4-6-14/h2-8,13,16H,9-12H2,1H3,(H,20,22). The number of nitrogens with one attached hydrogen (secondary N) is 1. The fourth-order valence-corrected chi connectivity index (χ4v) is 2.73. The van der Waals surface area contributed by atoms with Crippen LogP contribution in [0.15, 0.2) is 48.7 Å². The van der Waals surface area contributed by atoms with Gasteiger partial charge in [-0.25, -0.2) is 0 Å². The molecule has 1 amide bonds. The number of hydrogen-bond acceptors (Lipinski definition) is 3. The van der Waals surface area contributed by atoms with Gasteiger partial charge in [0.15, 0.2) is 0 Å². The number of likely N-dealkylation sites (tertiary alicyclic amines) is 1. The van der Waals surface area contributed by atoms with Crippen molar-refractivity contribution in [1.29, 1.82) is 0 Å². The molecular formula is C18H21N3O. The van der Waals surface area contributed by atoms with E-state index in [1.165, 1.54) is 0 Å². The molecule has 4 nitrogen and oxygen atoms in total. The van der Waals surface area contributed by atoms with Gasteiger partial charge in [-0.15, -0.1) is 0 Å². The highest BCUT2D eigenvalue weighted by molar-refractivity contribution is 5.94. The first-order chi connectivity index (χ1) is 10.7. The van der Waals surface area contributed by atoms with Gasteiger partial charge in [0.2, 0.25) is 0 Å². The minimum absolute atomic E-state index is 0.0262. The van der Waals surface area contributed by atoms with E-state index in [0.29, 0.717) is 5.56 Å². The molecule has 0 aliphatic carbocycles. The van der Waals surface area contributed by atoms with E-state index in [1.54, 1.807) is 6.20 Å². The number of pyridine rings is 1. The van der Waals surface area contributed by atoms with E-state index in [0.717, 1.165) is 37.2 Å². The molecule has 3 rings (SSSR count). The minimum atomic E-state index is -0.0262. The number of carbonyl (C=O) groups is 1. The van der Waals surface area contributed by atoms with Crippen LogP contribution in [0.25, 0.3) is 11.3 Å². The molecule has 1 aromatic carbocycles. The van der Waals surface area contributed by atoms with Crippen LogP contribution in [0.3, 0.4) is 0 Å². The summed E-state index contributed by atoms with van der Waals surface area (Å²) >= 11 is 0. The van der Waals surface area contributed by atoms with Gasteiger partial charge in [-0.2, -0.15) is 0 Å². The van der Waals surface area contributed by atoms with Gasteiger partial charge in [0.25, 0.3) is 5.91 Å². The second kappa shape index (κ2) is 6.71. The number of rotatable bonds is 3. The van der Waals surface area contributed by atoms with Crippen molar-refractivity contribution in [3.8, 4) is 11.3 Å². The molecule has 0 unspecified atom stereocenters. The highest BCUT2D eigenvalue weighted by Gasteiger charge is 2.19. The van der Waals surface area contributed by atoms with Crippen molar-refractivity contribution in [2.45, 2.75) is 18.9 Å². The van der Waals surface area contributed by atoms with E-state index >= 15 is 0 Å². The van der Waals surface area contributed by atoms with E-state index in [2.05, 4.69) is 22.2 Å². The van der Waals surface area contributed by atoms with Crippen molar-refractivity contribution in [2.75, 3.05) is 20.1 Å². The molecular weight excluding hydrogens is 274 g/mol. The van der Waals surface area contributed by atoms with E-state index < -0.39 is 0 Å². The van der Waals surface area contributed by atoms with Crippen molar-refractivity contribution in [1.82, 2.24) is 15.2 Å². The largest absolute Gasteiger partial charge is 0.349 e. The maximum Gasteiger partial charge on any atom is 0.253 e. The smallest absolute Gasteiger partial charge is 0.253 e. The predicted molar refractivity (Wildman–Crippen MR) is 87.7 cm³/mol. The van der Waals surface area contributed by atoms with E-state index in [1.807, 2.05) is 42.5 Å². The van der Waals surface area contributed by atoms with Crippen LogP contribution in [0.5, 0.6) is 0 Å². The zero-order chi connectivity index (χ0) is 15.4. The number of carbonyl (C=O) groups excluding carboxylic acids is 1. The molecule has 4 heteroatoms. The first-order valence-corrected chi connectivity index (χ1v) is 7.73. The van der Waals surface area contributed by atoms with E-state index in [9.17, 15) is 4.79 Å². The van der Waals surface area contributed by atoms with Crippen molar-refractivity contribution in [3.63, 3.8) is 0 Å². The summed E-state index contributed by atoms with van der Waals surface area (Å²) in [7, 11) is 2.12. The molecule has 22 heavy (non-hydrogen) atoms. The highest BCUT2D eigenvalue weighted by atomic mass is 16.1. The number of amides is 1. The zero-order valence-corrected chi connectivity index (χ0v) is 12.8. The Kier molecular flexibility index (Phi) is 4.49. The summed E-state index contributed by atoms with van der Waals surface area (Å²) in [6.07, 6.45) is 3.68. The minimum Gasteiger partial charge on any atom is -0.349 e. The van der Waals surface area contributed by atoms with E-state index in [-0.39, 0.29) is 11.9 Å². The molecule has 2 aromatic rings. The Balaban J connectivity index is 1.64. The maximum atomic E-state index is 12.3. The van der Waals surface area contributed by atoms with Crippen molar-refractivity contribution in [2.24, 2.45) is 0 Å². The summed E-state index contributed by atoms with van der Waals surface area (Å²) in [5.41, 5.74) is 2.57. The number of hydrogen-bond donors (Lipinski definition) is 1. The molecule has 2 heterocycles. The molecule has 0 saturated carbocycles. The van der Waals surface area contributed by atoms with Gasteiger partial charge < -0.3 is 10.2 Å². The third-order valence-corrected chi connectivity index (χ3v) is 4.15. The zero-order valence-electron chi connectivity index (χ0n) is 12.8. The second-order valence-corrected chi connectivity index (χ2v) is 5.85. The second-order valence-electron chi connectivity index (χ2n) is 5.85. The molecule has 114 valence electrons. The lowest BCUT2D eigenvalue weighted by atomic mass is 10.0. The van der Waals surface area contributed by atoms with Crippen LogP contribution in [-0.2, 0) is 0 Å². The molecule has 1 aliphatic rings. The SMILES string of the molecule is CN1CCC(NC(=O)c2ccc(-c3ccccc3)nc2)CC1. The average molecular weight is 295 g/mol. The third kappa shape index (κ3) is 3.52. The Bertz CT molecular complexity index is 617. The molecule has 0 spiro atoms. The fraction of sp³-hybridized carbons (Fsp3) is 0.333. The highest BCUT2D eigenvalue weighted by Crippen LogP contribution is 2.16. The molecule has 1 saturated heterocycles. The van der Waals surface area contributed by atoms with Gasteiger partial charge in [0.05, 0.1) is 11.3 Å². The monoisotopic (exact) mass is 295 g/mol. The summed E-state index contributed by atoms with van der Waals surface area (Å²) in [5, 5.41) is 3.11. The molecule has 1 aromatic heterocycles. The van der Waals surface area contributed by atoms with E-state index in [4.69, 9.17) is 0 Å². The number of piperidine rings is 1. The van der Waals surface area contributed by atoms with Gasteiger partial charge in [0, 0.05) is 17.8 Å².